The summed E-state index contributed by atoms with van der Waals surface area (Å²) in [6.07, 6.45) is 1.46. The molecule has 2 aromatic carbocycles. The lowest BCUT2D eigenvalue weighted by molar-refractivity contribution is -0.137. The first-order chi connectivity index (χ1) is 15.7. The molecule has 0 bridgehead atoms. The number of nitriles is 1. The van der Waals surface area contributed by atoms with Crippen LogP contribution in [0.4, 0.5) is 0 Å². The zero-order chi connectivity index (χ0) is 24.4. The van der Waals surface area contributed by atoms with Gasteiger partial charge in [0, 0.05) is 0 Å². The molecule has 0 unspecified atom stereocenters. The van der Waals surface area contributed by atoms with Gasteiger partial charge in [0.05, 0.1) is 17.7 Å². The van der Waals surface area contributed by atoms with Crippen molar-refractivity contribution in [1.82, 2.24) is 0 Å². The van der Waals surface area contributed by atoms with E-state index in [0.29, 0.717) is 41.4 Å². The van der Waals surface area contributed by atoms with Crippen LogP contribution in [0.15, 0.2) is 46.4 Å². The second-order valence-electron chi connectivity index (χ2n) is 8.12. The lowest BCUT2D eigenvalue weighted by Crippen LogP contribution is -2.12. The second kappa shape index (κ2) is 12.3. The Kier molecular flexibility index (Phi) is 9.80. The van der Waals surface area contributed by atoms with Gasteiger partial charge in [-0.05, 0) is 76.7 Å². The fourth-order valence-electron chi connectivity index (χ4n) is 2.94. The molecule has 0 heterocycles. The van der Waals surface area contributed by atoms with Crippen molar-refractivity contribution in [2.45, 2.75) is 40.0 Å². The van der Waals surface area contributed by atoms with Crippen LogP contribution in [0.5, 0.6) is 17.2 Å². The molecule has 0 aromatic heterocycles. The van der Waals surface area contributed by atoms with E-state index < -0.39 is 5.97 Å². The van der Waals surface area contributed by atoms with Crippen LogP contribution >= 0.6 is 15.9 Å². The normalized spacial score (nSPS) is 11.5. The molecule has 33 heavy (non-hydrogen) atoms. The zero-order valence-corrected chi connectivity index (χ0v) is 21.3. The summed E-state index contributed by atoms with van der Waals surface area (Å²) in [7, 11) is 0. The molecule has 176 valence electrons. The molecular weight excluding hydrogens is 486 g/mol. The summed E-state index contributed by atoms with van der Waals surface area (Å²) in [4.78, 5) is 11.9. The quantitative estimate of drug-likeness (QED) is 0.165. The average molecular weight is 516 g/mol. The number of rotatable bonds is 10. The van der Waals surface area contributed by atoms with E-state index in [2.05, 4.69) is 48.8 Å². The van der Waals surface area contributed by atoms with Crippen LogP contribution in [-0.4, -0.2) is 32.4 Å². The molecule has 0 saturated heterocycles. The first kappa shape index (κ1) is 26.3. The molecule has 0 N–H and O–H groups in total. The number of esters is 1. The molecule has 0 spiro atoms. The lowest BCUT2D eigenvalue weighted by Gasteiger charge is -2.19. The van der Waals surface area contributed by atoms with E-state index in [9.17, 15) is 10.1 Å². The maximum absolute atomic E-state index is 11.9. The SMILES string of the molecule is CCOC(=O)/C(C#N)=C/c1cc(Br)c(OCCOc2ccc(C(C)(C)C)cc2)c(OCC)c1. The molecule has 2 aromatic rings. The van der Waals surface area contributed by atoms with Crippen molar-refractivity contribution in [3.63, 3.8) is 0 Å². The topological polar surface area (TPSA) is 77.8 Å². The monoisotopic (exact) mass is 515 g/mol. The fourth-order valence-corrected chi connectivity index (χ4v) is 3.52. The van der Waals surface area contributed by atoms with Gasteiger partial charge in [-0.2, -0.15) is 5.26 Å². The summed E-state index contributed by atoms with van der Waals surface area (Å²) in [5, 5.41) is 9.27. The number of nitrogens with zero attached hydrogens (tertiary/aromatic N) is 1. The first-order valence-corrected chi connectivity index (χ1v) is 11.6. The maximum atomic E-state index is 11.9. The van der Waals surface area contributed by atoms with Gasteiger partial charge in [0.25, 0.3) is 0 Å². The Labute approximate surface area is 204 Å². The summed E-state index contributed by atoms with van der Waals surface area (Å²) < 4.78 is 23.0. The van der Waals surface area contributed by atoms with Gasteiger partial charge in [-0.15, -0.1) is 0 Å². The van der Waals surface area contributed by atoms with Crippen molar-refractivity contribution >= 4 is 28.0 Å². The molecule has 0 amide bonds. The van der Waals surface area contributed by atoms with Gasteiger partial charge >= 0.3 is 5.97 Å². The third kappa shape index (κ3) is 7.83. The molecule has 0 fully saturated rings. The van der Waals surface area contributed by atoms with Gasteiger partial charge in [-0.1, -0.05) is 32.9 Å². The van der Waals surface area contributed by atoms with Crippen molar-refractivity contribution < 1.29 is 23.7 Å². The van der Waals surface area contributed by atoms with Gasteiger partial charge in [-0.25, -0.2) is 4.79 Å². The number of carbonyl (C=O) groups is 1. The summed E-state index contributed by atoms with van der Waals surface area (Å²) in [6.45, 7) is 11.3. The molecule has 2 rings (SSSR count). The van der Waals surface area contributed by atoms with Crippen molar-refractivity contribution in [3.05, 3.63) is 57.6 Å². The number of carbonyl (C=O) groups excluding carboxylic acids is 1. The summed E-state index contributed by atoms with van der Waals surface area (Å²) >= 11 is 3.50. The van der Waals surface area contributed by atoms with Gasteiger partial charge in [0.2, 0.25) is 0 Å². The van der Waals surface area contributed by atoms with E-state index in [1.165, 1.54) is 11.6 Å². The van der Waals surface area contributed by atoms with Crippen LogP contribution < -0.4 is 14.2 Å². The minimum Gasteiger partial charge on any atom is -0.490 e. The Balaban J connectivity index is 2.09. The molecular formula is C26H30BrNO5. The minimum absolute atomic E-state index is 0.0919. The van der Waals surface area contributed by atoms with E-state index in [-0.39, 0.29) is 17.6 Å². The van der Waals surface area contributed by atoms with Crippen molar-refractivity contribution in [1.29, 1.82) is 5.26 Å². The van der Waals surface area contributed by atoms with Crippen LogP contribution in [-0.2, 0) is 14.9 Å². The predicted molar refractivity (Wildman–Crippen MR) is 132 cm³/mol. The molecule has 0 aliphatic heterocycles. The Morgan fingerprint density at radius 3 is 2.27 bits per heavy atom. The van der Waals surface area contributed by atoms with Crippen molar-refractivity contribution in [2.24, 2.45) is 0 Å². The number of halogens is 1. The molecule has 7 heteroatoms. The molecule has 0 aliphatic rings. The minimum atomic E-state index is -0.665. The molecule has 6 nitrogen and oxygen atoms in total. The first-order valence-electron chi connectivity index (χ1n) is 10.8. The van der Waals surface area contributed by atoms with Crippen molar-refractivity contribution in [2.75, 3.05) is 26.4 Å². The highest BCUT2D eigenvalue weighted by molar-refractivity contribution is 9.10. The van der Waals surface area contributed by atoms with E-state index >= 15 is 0 Å². The highest BCUT2D eigenvalue weighted by Gasteiger charge is 2.15. The Morgan fingerprint density at radius 1 is 1.03 bits per heavy atom. The number of benzene rings is 2. The average Bonchev–Trinajstić information content (AvgIpc) is 2.76. The summed E-state index contributed by atoms with van der Waals surface area (Å²) in [5.74, 6) is 1.13. The second-order valence-corrected chi connectivity index (χ2v) is 8.98. The summed E-state index contributed by atoms with van der Waals surface area (Å²) in [6, 6.07) is 13.4. The van der Waals surface area contributed by atoms with Crippen LogP contribution in [0, 0.1) is 11.3 Å². The van der Waals surface area contributed by atoms with E-state index in [1.54, 1.807) is 19.1 Å². The highest BCUT2D eigenvalue weighted by Crippen LogP contribution is 2.37. The molecule has 0 atom stereocenters. The Hall–Kier alpha value is -2.98. The maximum Gasteiger partial charge on any atom is 0.348 e. The smallest absolute Gasteiger partial charge is 0.348 e. The third-order valence-electron chi connectivity index (χ3n) is 4.58. The highest BCUT2D eigenvalue weighted by atomic mass is 79.9. The van der Waals surface area contributed by atoms with Crippen LogP contribution in [0.2, 0.25) is 0 Å². The Bertz CT molecular complexity index is 1020. The lowest BCUT2D eigenvalue weighted by atomic mass is 9.87. The molecule has 0 saturated carbocycles. The number of ether oxygens (including phenoxy) is 4. The number of hydrogen-bond acceptors (Lipinski definition) is 6. The molecule has 0 radical (unpaired) electrons. The van der Waals surface area contributed by atoms with E-state index in [1.807, 2.05) is 25.1 Å². The van der Waals surface area contributed by atoms with Crippen molar-refractivity contribution in [3.8, 4) is 23.3 Å². The van der Waals surface area contributed by atoms with Gasteiger partial charge in [0.15, 0.2) is 11.5 Å². The summed E-state index contributed by atoms with van der Waals surface area (Å²) in [5.41, 5.74) is 1.85. The van der Waals surface area contributed by atoms with Gasteiger partial charge in [-0.3, -0.25) is 0 Å². The third-order valence-corrected chi connectivity index (χ3v) is 5.17. The number of hydrogen-bond donors (Lipinski definition) is 0. The standard InChI is InChI=1S/C26H30BrNO5/c1-6-30-23-16-18(14-19(17-28)25(29)31-7-2)15-22(27)24(23)33-13-12-32-21-10-8-20(9-11-21)26(3,4)5/h8-11,14-16H,6-7,12-13H2,1-5H3/b19-14+. The van der Waals surface area contributed by atoms with Crippen LogP contribution in [0.1, 0.15) is 45.7 Å². The predicted octanol–water partition coefficient (Wildman–Crippen LogP) is 6.07. The van der Waals surface area contributed by atoms with E-state index in [4.69, 9.17) is 18.9 Å². The zero-order valence-electron chi connectivity index (χ0n) is 19.7. The van der Waals surface area contributed by atoms with E-state index in [0.717, 1.165) is 5.75 Å². The molecule has 0 aliphatic carbocycles. The van der Waals surface area contributed by atoms with Gasteiger partial charge < -0.3 is 18.9 Å². The fraction of sp³-hybridized carbons (Fsp3) is 0.385. The Morgan fingerprint density at radius 2 is 1.70 bits per heavy atom. The van der Waals surface area contributed by atoms with Crippen LogP contribution in [0.25, 0.3) is 6.08 Å². The largest absolute Gasteiger partial charge is 0.490 e. The van der Waals surface area contributed by atoms with Crippen LogP contribution in [0.3, 0.4) is 0 Å². The van der Waals surface area contributed by atoms with Gasteiger partial charge in [0.1, 0.15) is 30.6 Å².